The van der Waals surface area contributed by atoms with Crippen molar-refractivity contribution in [3.8, 4) is 11.5 Å². The average Bonchev–Trinajstić information content (AvgIpc) is 2.86. The molecule has 2 aromatic carbocycles. The third kappa shape index (κ3) is 10.6. The van der Waals surface area contributed by atoms with Crippen LogP contribution in [0.1, 0.15) is 82.6 Å². The van der Waals surface area contributed by atoms with Gasteiger partial charge in [-0.15, -0.1) is 0 Å². The van der Waals surface area contributed by atoms with Crippen LogP contribution in [0.15, 0.2) is 36.4 Å². The maximum Gasteiger partial charge on any atom is 0.225 e. The fourth-order valence-electron chi connectivity index (χ4n) is 4.30. The van der Waals surface area contributed by atoms with Crippen molar-refractivity contribution in [2.24, 2.45) is 10.8 Å². The van der Waals surface area contributed by atoms with Crippen LogP contribution in [-0.4, -0.2) is 37.6 Å². The summed E-state index contributed by atoms with van der Waals surface area (Å²) in [5.41, 5.74) is 3.51. The highest BCUT2D eigenvalue weighted by Gasteiger charge is 2.30. The fraction of sp³-hybridized carbons (Fsp3) is 0.576. The van der Waals surface area contributed by atoms with Gasteiger partial charge in [0, 0.05) is 23.4 Å². The number of hydrogen-bond donors (Lipinski definition) is 2. The predicted molar refractivity (Wildman–Crippen MR) is 159 cm³/mol. The molecule has 2 aromatic rings. The Hall–Kier alpha value is -3.02. The van der Waals surface area contributed by atoms with Crippen molar-refractivity contribution in [3.63, 3.8) is 0 Å². The number of ether oxygens (including phenoxy) is 2. The summed E-state index contributed by atoms with van der Waals surface area (Å²) < 4.78 is 11.9. The molecule has 0 saturated carbocycles. The van der Waals surface area contributed by atoms with Gasteiger partial charge in [0.25, 0.3) is 0 Å². The topological polar surface area (TPSA) is 76.7 Å². The Morgan fingerprint density at radius 2 is 1.18 bits per heavy atom. The maximum atomic E-state index is 12.9. The van der Waals surface area contributed by atoms with E-state index in [1.54, 1.807) is 0 Å². The molecule has 216 valence electrons. The van der Waals surface area contributed by atoms with Crippen molar-refractivity contribution in [3.05, 3.63) is 58.7 Å². The number of amides is 2. The van der Waals surface area contributed by atoms with Crippen molar-refractivity contribution in [1.29, 1.82) is 0 Å². The highest BCUT2D eigenvalue weighted by atomic mass is 16.5. The minimum absolute atomic E-state index is 0.0150. The normalized spacial score (nSPS) is 12.5. The Balaban J connectivity index is 1.70. The molecule has 0 radical (unpaired) electrons. The van der Waals surface area contributed by atoms with Crippen LogP contribution in [0, 0.1) is 38.5 Å². The van der Waals surface area contributed by atoms with E-state index in [2.05, 4.69) is 34.9 Å². The van der Waals surface area contributed by atoms with E-state index in [-0.39, 0.29) is 17.9 Å². The number of rotatable bonds is 15. The van der Waals surface area contributed by atoms with Crippen molar-refractivity contribution in [2.45, 2.75) is 94.0 Å². The molecular formula is C33H50N2O4. The number of hydrogen-bond acceptors (Lipinski definition) is 4. The number of nitrogens with one attached hydrogen (secondary N) is 2. The van der Waals surface area contributed by atoms with E-state index in [0.717, 1.165) is 35.5 Å². The zero-order valence-electron chi connectivity index (χ0n) is 25.6. The summed E-state index contributed by atoms with van der Waals surface area (Å²) in [6.07, 6.45) is 2.98. The van der Waals surface area contributed by atoms with Crippen molar-refractivity contribution >= 4 is 11.8 Å². The fourth-order valence-corrected chi connectivity index (χ4v) is 4.30. The molecule has 6 nitrogen and oxygen atoms in total. The summed E-state index contributed by atoms with van der Waals surface area (Å²) in [6, 6.07) is 12.2. The summed E-state index contributed by atoms with van der Waals surface area (Å²) >= 11 is 0. The lowest BCUT2D eigenvalue weighted by molar-refractivity contribution is -0.132. The van der Waals surface area contributed by atoms with Crippen LogP contribution in [-0.2, 0) is 9.59 Å². The first-order valence-electron chi connectivity index (χ1n) is 14.2. The molecule has 2 amide bonds. The minimum Gasteiger partial charge on any atom is -0.493 e. The molecule has 0 aliphatic rings. The first-order valence-corrected chi connectivity index (χ1v) is 14.2. The first kappa shape index (κ1) is 32.2. The van der Waals surface area contributed by atoms with Crippen LogP contribution in [0.2, 0.25) is 0 Å². The van der Waals surface area contributed by atoms with Crippen LogP contribution < -0.4 is 20.1 Å². The van der Waals surface area contributed by atoms with E-state index >= 15 is 0 Å². The molecule has 1 atom stereocenters. The second-order valence-corrected chi connectivity index (χ2v) is 12.3. The SMILES string of the molecule is Cc1ccc(C)c(OCCCC(C)(C)C(=O)NCC(C)NC(=O)C(C)(C)CCCOc2cc(C)ccc2C)c1. The molecular weight excluding hydrogens is 488 g/mol. The Morgan fingerprint density at radius 1 is 0.744 bits per heavy atom. The highest BCUT2D eigenvalue weighted by Crippen LogP contribution is 2.26. The van der Waals surface area contributed by atoms with Crippen LogP contribution in [0.25, 0.3) is 0 Å². The molecule has 0 aliphatic carbocycles. The average molecular weight is 539 g/mol. The first-order chi connectivity index (χ1) is 18.2. The zero-order chi connectivity index (χ0) is 29.2. The van der Waals surface area contributed by atoms with E-state index in [1.807, 2.05) is 74.4 Å². The van der Waals surface area contributed by atoms with Gasteiger partial charge in [-0.25, -0.2) is 0 Å². The molecule has 6 heteroatoms. The van der Waals surface area contributed by atoms with Gasteiger partial charge in [0.2, 0.25) is 11.8 Å². The molecule has 0 aromatic heterocycles. The Labute approximate surface area is 236 Å². The van der Waals surface area contributed by atoms with Crippen molar-refractivity contribution in [2.75, 3.05) is 19.8 Å². The van der Waals surface area contributed by atoms with Gasteiger partial charge < -0.3 is 20.1 Å². The summed E-state index contributed by atoms with van der Waals surface area (Å²) in [4.78, 5) is 25.8. The molecule has 0 spiro atoms. The largest absolute Gasteiger partial charge is 0.493 e. The lowest BCUT2D eigenvalue weighted by atomic mass is 9.86. The summed E-state index contributed by atoms with van der Waals surface area (Å²) in [7, 11) is 0. The smallest absolute Gasteiger partial charge is 0.225 e. The van der Waals surface area contributed by atoms with Gasteiger partial charge in [-0.2, -0.15) is 0 Å². The highest BCUT2D eigenvalue weighted by molar-refractivity contribution is 5.83. The van der Waals surface area contributed by atoms with Gasteiger partial charge in [0.1, 0.15) is 11.5 Å². The number of aryl methyl sites for hydroxylation is 4. The Morgan fingerprint density at radius 3 is 1.64 bits per heavy atom. The molecule has 0 heterocycles. The maximum absolute atomic E-state index is 12.9. The lowest BCUT2D eigenvalue weighted by Gasteiger charge is -2.28. The Bertz CT molecular complexity index is 1110. The van der Waals surface area contributed by atoms with Crippen LogP contribution in [0.5, 0.6) is 11.5 Å². The quantitative estimate of drug-likeness (QED) is 0.250. The van der Waals surface area contributed by atoms with E-state index in [1.165, 1.54) is 11.1 Å². The predicted octanol–water partition coefficient (Wildman–Crippen LogP) is 6.61. The molecule has 0 saturated heterocycles. The molecule has 0 bridgehead atoms. The Kier molecular flexibility index (Phi) is 11.9. The van der Waals surface area contributed by atoms with Gasteiger partial charge >= 0.3 is 0 Å². The third-order valence-electron chi connectivity index (χ3n) is 7.27. The monoisotopic (exact) mass is 538 g/mol. The van der Waals surface area contributed by atoms with Gasteiger partial charge in [-0.3, -0.25) is 9.59 Å². The number of benzene rings is 2. The molecule has 2 rings (SSSR count). The van der Waals surface area contributed by atoms with Crippen LogP contribution >= 0.6 is 0 Å². The van der Waals surface area contributed by atoms with E-state index in [0.29, 0.717) is 32.6 Å². The summed E-state index contributed by atoms with van der Waals surface area (Å²) in [5, 5.41) is 6.09. The number of carbonyl (C=O) groups excluding carboxylic acids is 2. The van der Waals surface area contributed by atoms with Gasteiger partial charge in [0.15, 0.2) is 0 Å². The van der Waals surface area contributed by atoms with Crippen LogP contribution in [0.4, 0.5) is 0 Å². The third-order valence-corrected chi connectivity index (χ3v) is 7.27. The second-order valence-electron chi connectivity index (χ2n) is 12.3. The van der Waals surface area contributed by atoms with Crippen LogP contribution in [0.3, 0.4) is 0 Å². The van der Waals surface area contributed by atoms with E-state index in [4.69, 9.17) is 9.47 Å². The molecule has 2 N–H and O–H groups in total. The van der Waals surface area contributed by atoms with Gasteiger partial charge in [-0.1, -0.05) is 52.0 Å². The zero-order valence-corrected chi connectivity index (χ0v) is 25.6. The molecule has 1 unspecified atom stereocenters. The van der Waals surface area contributed by atoms with E-state index in [9.17, 15) is 9.59 Å². The van der Waals surface area contributed by atoms with E-state index < -0.39 is 10.8 Å². The van der Waals surface area contributed by atoms with Gasteiger partial charge in [-0.05, 0) is 94.7 Å². The van der Waals surface area contributed by atoms with Crippen molar-refractivity contribution in [1.82, 2.24) is 10.6 Å². The lowest BCUT2D eigenvalue weighted by Crippen LogP contribution is -2.48. The van der Waals surface area contributed by atoms with Crippen molar-refractivity contribution < 1.29 is 19.1 Å². The molecule has 0 aliphatic heterocycles. The standard InChI is InChI=1S/C33H50N2O4/c1-23-12-14-25(3)28(20-23)38-18-10-16-32(6,7)30(36)34-22-27(5)35-31(37)33(8,9)17-11-19-39-29-21-24(2)13-15-26(29)4/h12-15,20-21,27H,10-11,16-19,22H2,1-9H3,(H,34,36)(H,35,37). The molecule has 39 heavy (non-hydrogen) atoms. The van der Waals surface area contributed by atoms with Gasteiger partial charge in [0.05, 0.1) is 13.2 Å². The second kappa shape index (κ2) is 14.4. The summed E-state index contributed by atoms with van der Waals surface area (Å²) in [6.45, 7) is 19.4. The minimum atomic E-state index is -0.530. The number of carbonyl (C=O) groups is 2. The summed E-state index contributed by atoms with van der Waals surface area (Å²) in [5.74, 6) is 1.77. The molecule has 0 fully saturated rings.